The number of aryl methyl sites for hydroxylation is 1. The molecule has 3 rings (SSSR count). The fraction of sp³-hybridized carbons (Fsp3) is 0.600. The van der Waals surface area contributed by atoms with Gasteiger partial charge in [-0.3, -0.25) is 0 Å². The van der Waals surface area contributed by atoms with Crippen LogP contribution in [-0.2, 0) is 17.6 Å². The van der Waals surface area contributed by atoms with Crippen LogP contribution in [0.4, 0.5) is 0 Å². The van der Waals surface area contributed by atoms with Crippen molar-refractivity contribution in [1.29, 1.82) is 5.26 Å². The highest BCUT2D eigenvalue weighted by molar-refractivity contribution is 6.09. The summed E-state index contributed by atoms with van der Waals surface area (Å²) < 4.78 is 5.43. The fourth-order valence-corrected chi connectivity index (χ4v) is 4.28. The van der Waals surface area contributed by atoms with Gasteiger partial charge in [0.2, 0.25) is 6.19 Å². The van der Waals surface area contributed by atoms with Crippen molar-refractivity contribution in [2.24, 2.45) is 10.4 Å². The highest BCUT2D eigenvalue weighted by Gasteiger charge is 2.43. The van der Waals surface area contributed by atoms with Crippen LogP contribution in [0, 0.1) is 16.9 Å². The van der Waals surface area contributed by atoms with Crippen LogP contribution in [0.2, 0.25) is 0 Å². The van der Waals surface area contributed by atoms with Crippen LogP contribution in [0.25, 0.3) is 0 Å². The van der Waals surface area contributed by atoms with Crippen LogP contribution in [0.3, 0.4) is 0 Å². The Kier molecular flexibility index (Phi) is 5.13. The van der Waals surface area contributed by atoms with Gasteiger partial charge < -0.3 is 4.74 Å². The predicted octanol–water partition coefficient (Wildman–Crippen LogP) is 4.43. The van der Waals surface area contributed by atoms with E-state index in [0.717, 1.165) is 38.2 Å². The molecule has 0 aromatic heterocycles. The van der Waals surface area contributed by atoms with Crippen molar-refractivity contribution >= 4 is 5.71 Å². The Bertz CT molecular complexity index is 621. The third kappa shape index (κ3) is 3.33. The van der Waals surface area contributed by atoms with Crippen molar-refractivity contribution in [1.82, 2.24) is 0 Å². The Hall–Kier alpha value is -1.66. The van der Waals surface area contributed by atoms with E-state index in [1.54, 1.807) is 0 Å². The lowest BCUT2D eigenvalue weighted by atomic mass is 9.71. The van der Waals surface area contributed by atoms with Gasteiger partial charge in [-0.2, -0.15) is 10.3 Å². The molecule has 2 aliphatic carbocycles. The topological polar surface area (TPSA) is 45.4 Å². The van der Waals surface area contributed by atoms with Gasteiger partial charge in [0.25, 0.3) is 0 Å². The zero-order valence-corrected chi connectivity index (χ0v) is 14.1. The van der Waals surface area contributed by atoms with E-state index >= 15 is 0 Å². The maximum atomic E-state index is 9.18. The first-order valence-electron chi connectivity index (χ1n) is 8.96. The zero-order valence-electron chi connectivity index (χ0n) is 14.1. The van der Waals surface area contributed by atoms with Gasteiger partial charge in [0.15, 0.2) is 0 Å². The molecule has 0 aliphatic heterocycles. The Labute approximate surface area is 139 Å². The third-order valence-corrected chi connectivity index (χ3v) is 5.39. The molecule has 0 atom stereocenters. The average Bonchev–Trinajstić information content (AvgIpc) is 2.86. The number of fused-ring (bicyclic) bond motifs is 1. The van der Waals surface area contributed by atoms with E-state index in [1.165, 1.54) is 48.8 Å². The zero-order chi connectivity index (χ0) is 16.1. The average molecular weight is 310 g/mol. The molecule has 1 saturated carbocycles. The predicted molar refractivity (Wildman–Crippen MR) is 92.6 cm³/mol. The molecule has 3 heteroatoms. The lowest BCUT2D eigenvalue weighted by Gasteiger charge is -2.33. The maximum Gasteiger partial charge on any atom is 0.205 e. The molecule has 1 fully saturated rings. The van der Waals surface area contributed by atoms with E-state index in [0.29, 0.717) is 0 Å². The van der Waals surface area contributed by atoms with Crippen LogP contribution < -0.4 is 0 Å². The summed E-state index contributed by atoms with van der Waals surface area (Å²) in [5.41, 5.74) is 5.17. The third-order valence-electron chi connectivity index (χ3n) is 5.39. The first-order valence-corrected chi connectivity index (χ1v) is 8.96. The number of ether oxygens (including phenoxy) is 1. The van der Waals surface area contributed by atoms with Gasteiger partial charge in [-0.15, -0.1) is 0 Å². The van der Waals surface area contributed by atoms with Gasteiger partial charge in [0.05, 0.1) is 5.71 Å². The lowest BCUT2D eigenvalue weighted by molar-refractivity contribution is 0.145. The molecule has 3 nitrogen and oxygen atoms in total. The number of nitrogens with zero attached hydrogens (tertiary/aromatic N) is 2. The minimum absolute atomic E-state index is 0.139. The molecular weight excluding hydrogens is 284 g/mol. The second-order valence-electron chi connectivity index (χ2n) is 6.87. The first-order chi connectivity index (χ1) is 11.3. The highest BCUT2D eigenvalue weighted by atomic mass is 16.5. The molecule has 0 amide bonds. The summed E-state index contributed by atoms with van der Waals surface area (Å²) in [6.45, 7) is 3.63. The molecule has 23 heavy (non-hydrogen) atoms. The van der Waals surface area contributed by atoms with Crippen LogP contribution >= 0.6 is 0 Å². The monoisotopic (exact) mass is 310 g/mol. The lowest BCUT2D eigenvalue weighted by Crippen LogP contribution is -2.31. The largest absolute Gasteiger partial charge is 0.382 e. The number of rotatable bonds is 5. The minimum atomic E-state index is 0.139. The van der Waals surface area contributed by atoms with E-state index in [2.05, 4.69) is 29.4 Å². The Morgan fingerprint density at radius 2 is 2.09 bits per heavy atom. The number of nitriles is 1. The second-order valence-corrected chi connectivity index (χ2v) is 6.87. The van der Waals surface area contributed by atoms with E-state index in [4.69, 9.17) is 4.74 Å². The summed E-state index contributed by atoms with van der Waals surface area (Å²) in [6.07, 6.45) is 11.4. The van der Waals surface area contributed by atoms with E-state index < -0.39 is 0 Å². The van der Waals surface area contributed by atoms with Crippen molar-refractivity contribution in [3.8, 4) is 6.19 Å². The molecule has 2 aliphatic rings. The smallest absolute Gasteiger partial charge is 0.205 e. The van der Waals surface area contributed by atoms with E-state index in [-0.39, 0.29) is 5.41 Å². The standard InChI is InChI=1S/C20H26N2O/c1-2-23-12-6-7-16-8-9-17-14-20(10-4-3-5-11-20)19(22-15-21)18(17)13-16/h8-9,13H,2-7,10-12,14H2,1H3/b22-19+. The SMILES string of the molecule is CCOCCCc1ccc2c(c1)/C(=N\C#N)C1(CCCCC1)C2. The Balaban J connectivity index is 1.83. The number of aliphatic imine (C=N–C) groups is 1. The summed E-state index contributed by atoms with van der Waals surface area (Å²) >= 11 is 0. The Morgan fingerprint density at radius 1 is 1.26 bits per heavy atom. The molecule has 0 unspecified atom stereocenters. The normalized spacial score (nSPS) is 20.6. The second kappa shape index (κ2) is 7.27. The van der Waals surface area contributed by atoms with Crippen molar-refractivity contribution in [3.05, 3.63) is 34.9 Å². The molecule has 122 valence electrons. The molecule has 1 spiro atoms. The quantitative estimate of drug-likeness (QED) is 0.596. The first kappa shape index (κ1) is 16.2. The summed E-state index contributed by atoms with van der Waals surface area (Å²) in [5, 5.41) is 9.18. The molecule has 0 saturated heterocycles. The molecule has 0 heterocycles. The molecule has 0 N–H and O–H groups in total. The van der Waals surface area contributed by atoms with Crippen LogP contribution in [0.15, 0.2) is 23.2 Å². The maximum absolute atomic E-state index is 9.18. The minimum Gasteiger partial charge on any atom is -0.382 e. The van der Waals surface area contributed by atoms with Crippen molar-refractivity contribution in [3.63, 3.8) is 0 Å². The summed E-state index contributed by atoms with van der Waals surface area (Å²) in [6, 6.07) is 6.79. The van der Waals surface area contributed by atoms with E-state index in [9.17, 15) is 5.26 Å². The number of benzene rings is 1. The van der Waals surface area contributed by atoms with Gasteiger partial charge in [-0.1, -0.05) is 31.4 Å². The van der Waals surface area contributed by atoms with Crippen molar-refractivity contribution in [2.45, 2.75) is 58.3 Å². The fourth-order valence-electron chi connectivity index (χ4n) is 4.28. The molecule has 0 radical (unpaired) electrons. The van der Waals surface area contributed by atoms with Gasteiger partial charge in [0, 0.05) is 24.2 Å². The van der Waals surface area contributed by atoms with Gasteiger partial charge in [0.1, 0.15) is 0 Å². The van der Waals surface area contributed by atoms with Crippen LogP contribution in [0.1, 0.15) is 62.1 Å². The van der Waals surface area contributed by atoms with Gasteiger partial charge >= 0.3 is 0 Å². The summed E-state index contributed by atoms with van der Waals surface area (Å²) in [4.78, 5) is 4.29. The summed E-state index contributed by atoms with van der Waals surface area (Å²) in [7, 11) is 0. The highest BCUT2D eigenvalue weighted by Crippen LogP contribution is 2.47. The van der Waals surface area contributed by atoms with Crippen LogP contribution in [0.5, 0.6) is 0 Å². The summed E-state index contributed by atoms with van der Waals surface area (Å²) in [5.74, 6) is 0. The van der Waals surface area contributed by atoms with Gasteiger partial charge in [-0.25, -0.2) is 0 Å². The molecular formula is C20H26N2O. The Morgan fingerprint density at radius 3 is 2.83 bits per heavy atom. The number of hydrogen-bond donors (Lipinski definition) is 0. The number of hydrogen-bond acceptors (Lipinski definition) is 3. The molecule has 0 bridgehead atoms. The van der Waals surface area contributed by atoms with Crippen molar-refractivity contribution < 1.29 is 4.74 Å². The van der Waals surface area contributed by atoms with Gasteiger partial charge in [-0.05, 0) is 56.2 Å². The van der Waals surface area contributed by atoms with Crippen molar-refractivity contribution in [2.75, 3.05) is 13.2 Å². The molecule has 1 aromatic carbocycles. The van der Waals surface area contributed by atoms with E-state index in [1.807, 2.05) is 6.92 Å². The van der Waals surface area contributed by atoms with Crippen LogP contribution in [-0.4, -0.2) is 18.9 Å². The molecule has 1 aromatic rings.